The maximum atomic E-state index is 5.58. The van der Waals surface area contributed by atoms with Gasteiger partial charge in [-0.25, -0.2) is 0 Å². The van der Waals surface area contributed by atoms with Crippen LogP contribution >= 0.6 is 0 Å². The lowest BCUT2D eigenvalue weighted by Crippen LogP contribution is -2.27. The zero-order valence-corrected chi connectivity index (χ0v) is 12.0. The lowest BCUT2D eigenvalue weighted by Gasteiger charge is -2.24. The molecule has 3 atom stereocenters. The largest absolute Gasteiger partial charge is 0.338 e. The van der Waals surface area contributed by atoms with Crippen LogP contribution in [0.3, 0.4) is 0 Å². The monoisotopic (exact) mass is 284 g/mol. The molecule has 2 fully saturated rings. The van der Waals surface area contributed by atoms with Gasteiger partial charge in [-0.15, -0.1) is 0 Å². The number of benzene rings is 1. The Morgan fingerprint density at radius 2 is 2.14 bits per heavy atom. The predicted octanol–water partition coefficient (Wildman–Crippen LogP) is 2.22. The van der Waals surface area contributed by atoms with Crippen LogP contribution in [0.5, 0.6) is 0 Å². The Kier molecular flexibility index (Phi) is 3.24. The SMILES string of the molecule is NCc1nc([C@H]2C[C@@H](c3ccccc3)N3CCC[C@H]23)no1. The lowest BCUT2D eigenvalue weighted by molar-refractivity contribution is 0.243. The topological polar surface area (TPSA) is 68.2 Å². The van der Waals surface area contributed by atoms with Gasteiger partial charge in [0.2, 0.25) is 5.89 Å². The van der Waals surface area contributed by atoms with Crippen LogP contribution in [0.1, 0.15) is 48.5 Å². The van der Waals surface area contributed by atoms with Crippen molar-refractivity contribution in [2.24, 2.45) is 5.73 Å². The average Bonchev–Trinajstić information content (AvgIpc) is 3.23. The Balaban J connectivity index is 1.64. The molecule has 0 amide bonds. The van der Waals surface area contributed by atoms with Gasteiger partial charge in [0.05, 0.1) is 6.54 Å². The second kappa shape index (κ2) is 5.24. The molecule has 0 unspecified atom stereocenters. The van der Waals surface area contributed by atoms with Crippen molar-refractivity contribution in [3.63, 3.8) is 0 Å². The highest BCUT2D eigenvalue weighted by Gasteiger charge is 2.46. The summed E-state index contributed by atoms with van der Waals surface area (Å²) >= 11 is 0. The molecule has 4 rings (SSSR count). The van der Waals surface area contributed by atoms with Gasteiger partial charge < -0.3 is 10.3 Å². The Labute approximate surface area is 124 Å². The molecule has 3 heterocycles. The van der Waals surface area contributed by atoms with Crippen molar-refractivity contribution in [3.8, 4) is 0 Å². The summed E-state index contributed by atoms with van der Waals surface area (Å²) in [5.41, 5.74) is 6.98. The highest BCUT2D eigenvalue weighted by atomic mass is 16.5. The molecule has 1 aromatic heterocycles. The molecule has 110 valence electrons. The van der Waals surface area contributed by atoms with E-state index in [1.54, 1.807) is 0 Å². The molecule has 0 saturated carbocycles. The fourth-order valence-corrected chi connectivity index (χ4v) is 3.95. The molecular weight excluding hydrogens is 264 g/mol. The van der Waals surface area contributed by atoms with Crippen LogP contribution in [0.2, 0.25) is 0 Å². The van der Waals surface area contributed by atoms with E-state index in [1.165, 1.54) is 24.9 Å². The zero-order valence-electron chi connectivity index (χ0n) is 12.0. The smallest absolute Gasteiger partial charge is 0.240 e. The molecule has 2 aliphatic rings. The standard InChI is InChI=1S/C16H20N4O/c17-10-15-18-16(19-21-15)12-9-14(11-5-2-1-3-6-11)20-8-4-7-13(12)20/h1-3,5-6,12-14H,4,7-10,17H2/t12-,13+,14-/m0/s1. The van der Waals surface area contributed by atoms with Crippen LogP contribution in [0.15, 0.2) is 34.9 Å². The van der Waals surface area contributed by atoms with Crippen molar-refractivity contribution in [2.45, 2.75) is 43.8 Å². The lowest BCUT2D eigenvalue weighted by atomic mass is 9.94. The predicted molar refractivity (Wildman–Crippen MR) is 78.5 cm³/mol. The van der Waals surface area contributed by atoms with Crippen LogP contribution in [0.4, 0.5) is 0 Å². The first-order chi connectivity index (χ1) is 10.4. The van der Waals surface area contributed by atoms with Crippen LogP contribution in [0, 0.1) is 0 Å². The van der Waals surface area contributed by atoms with Gasteiger partial charge >= 0.3 is 0 Å². The fourth-order valence-electron chi connectivity index (χ4n) is 3.95. The molecule has 21 heavy (non-hydrogen) atoms. The van der Waals surface area contributed by atoms with E-state index in [1.807, 2.05) is 0 Å². The molecule has 2 aromatic rings. The number of aromatic nitrogens is 2. The molecular formula is C16H20N4O. The average molecular weight is 284 g/mol. The number of nitrogens with two attached hydrogens (primary N) is 1. The van der Waals surface area contributed by atoms with E-state index in [0.29, 0.717) is 30.4 Å². The zero-order chi connectivity index (χ0) is 14.2. The highest BCUT2D eigenvalue weighted by molar-refractivity contribution is 5.24. The number of rotatable bonds is 3. The summed E-state index contributed by atoms with van der Waals surface area (Å²) < 4.78 is 5.21. The summed E-state index contributed by atoms with van der Waals surface area (Å²) in [5, 5.41) is 4.16. The van der Waals surface area contributed by atoms with Crippen molar-refractivity contribution in [2.75, 3.05) is 6.54 Å². The molecule has 1 aromatic carbocycles. The minimum Gasteiger partial charge on any atom is -0.338 e. The summed E-state index contributed by atoms with van der Waals surface area (Å²) in [6.07, 6.45) is 3.55. The van der Waals surface area contributed by atoms with E-state index >= 15 is 0 Å². The molecule has 0 spiro atoms. The first-order valence-electron chi connectivity index (χ1n) is 7.70. The first-order valence-corrected chi connectivity index (χ1v) is 7.70. The summed E-state index contributed by atoms with van der Waals surface area (Å²) in [7, 11) is 0. The van der Waals surface area contributed by atoms with E-state index in [0.717, 1.165) is 12.2 Å². The summed E-state index contributed by atoms with van der Waals surface area (Å²) in [4.78, 5) is 7.09. The van der Waals surface area contributed by atoms with Crippen LogP contribution in [0.25, 0.3) is 0 Å². The van der Waals surface area contributed by atoms with Gasteiger partial charge in [-0.05, 0) is 31.4 Å². The van der Waals surface area contributed by atoms with Gasteiger partial charge in [0.25, 0.3) is 0 Å². The van der Waals surface area contributed by atoms with Crippen molar-refractivity contribution >= 4 is 0 Å². The Bertz CT molecular complexity index is 612. The third kappa shape index (κ3) is 2.17. The molecule has 2 N–H and O–H groups in total. The van der Waals surface area contributed by atoms with E-state index < -0.39 is 0 Å². The maximum absolute atomic E-state index is 5.58. The van der Waals surface area contributed by atoms with Gasteiger partial charge in [0.15, 0.2) is 5.82 Å². The van der Waals surface area contributed by atoms with Crippen LogP contribution in [-0.4, -0.2) is 27.6 Å². The van der Waals surface area contributed by atoms with Crippen LogP contribution in [-0.2, 0) is 6.54 Å². The van der Waals surface area contributed by atoms with Gasteiger partial charge in [-0.2, -0.15) is 4.98 Å². The van der Waals surface area contributed by atoms with E-state index in [4.69, 9.17) is 10.3 Å². The normalized spacial score (nSPS) is 28.9. The quantitative estimate of drug-likeness (QED) is 0.936. The van der Waals surface area contributed by atoms with Crippen molar-refractivity contribution in [3.05, 3.63) is 47.6 Å². The van der Waals surface area contributed by atoms with Crippen molar-refractivity contribution < 1.29 is 4.52 Å². The summed E-state index contributed by atoms with van der Waals surface area (Å²) in [6.45, 7) is 1.48. The van der Waals surface area contributed by atoms with E-state index in [9.17, 15) is 0 Å². The number of hydrogen-bond donors (Lipinski definition) is 1. The van der Waals surface area contributed by atoms with E-state index in [-0.39, 0.29) is 0 Å². The molecule has 5 heteroatoms. The molecule has 0 radical (unpaired) electrons. The minimum absolute atomic E-state index is 0.316. The fraction of sp³-hybridized carbons (Fsp3) is 0.500. The van der Waals surface area contributed by atoms with Gasteiger partial charge in [-0.1, -0.05) is 35.5 Å². The second-order valence-corrected chi connectivity index (χ2v) is 5.97. The first kappa shape index (κ1) is 13.0. The van der Waals surface area contributed by atoms with Gasteiger partial charge in [0, 0.05) is 18.0 Å². The molecule has 5 nitrogen and oxygen atoms in total. The number of hydrogen-bond acceptors (Lipinski definition) is 5. The third-order valence-corrected chi connectivity index (χ3v) is 4.86. The third-order valence-electron chi connectivity index (χ3n) is 4.86. The summed E-state index contributed by atoms with van der Waals surface area (Å²) in [6, 6.07) is 11.8. The van der Waals surface area contributed by atoms with Crippen molar-refractivity contribution in [1.29, 1.82) is 0 Å². The Morgan fingerprint density at radius 3 is 2.90 bits per heavy atom. The number of fused-ring (bicyclic) bond motifs is 1. The molecule has 2 saturated heterocycles. The minimum atomic E-state index is 0.316. The highest BCUT2D eigenvalue weighted by Crippen LogP contribution is 2.48. The van der Waals surface area contributed by atoms with Gasteiger partial charge in [0.1, 0.15) is 0 Å². The molecule has 0 bridgehead atoms. The van der Waals surface area contributed by atoms with Gasteiger partial charge in [-0.3, -0.25) is 4.90 Å². The molecule has 2 aliphatic heterocycles. The molecule has 0 aliphatic carbocycles. The van der Waals surface area contributed by atoms with E-state index in [2.05, 4.69) is 45.4 Å². The Hall–Kier alpha value is -1.72. The Morgan fingerprint density at radius 1 is 1.29 bits per heavy atom. The van der Waals surface area contributed by atoms with Crippen molar-refractivity contribution in [1.82, 2.24) is 15.0 Å². The summed E-state index contributed by atoms with van der Waals surface area (Å²) in [5.74, 6) is 1.74. The number of nitrogens with zero attached hydrogens (tertiary/aromatic N) is 3. The maximum Gasteiger partial charge on any atom is 0.240 e. The second-order valence-electron chi connectivity index (χ2n) is 5.97. The van der Waals surface area contributed by atoms with Crippen LogP contribution < -0.4 is 5.73 Å².